The third kappa shape index (κ3) is 3.44. The molecule has 1 N–H and O–H groups in total. The number of carbonyl (C=O) groups is 3. The molecule has 26 heavy (non-hydrogen) atoms. The standard InChI is InChI=1S/C16H13ClN4O4S/c1-3-25-15(24)9-7-18-16(19-13(9)10-4-5-11(17)26-10)20-21-12(22)6-8(2)14(21)23/h4-7H,3H2,1-2H3,(H,18,19,20). The highest BCUT2D eigenvalue weighted by Crippen LogP contribution is 2.32. The van der Waals surface area contributed by atoms with Crippen molar-refractivity contribution in [1.82, 2.24) is 15.0 Å². The van der Waals surface area contributed by atoms with Crippen molar-refractivity contribution in [2.75, 3.05) is 12.0 Å². The Labute approximate surface area is 157 Å². The van der Waals surface area contributed by atoms with Crippen LogP contribution in [0, 0.1) is 0 Å². The third-order valence-corrected chi connectivity index (χ3v) is 4.64. The zero-order valence-electron chi connectivity index (χ0n) is 13.8. The highest BCUT2D eigenvalue weighted by Gasteiger charge is 2.30. The lowest BCUT2D eigenvalue weighted by molar-refractivity contribution is -0.135. The van der Waals surface area contributed by atoms with Crippen molar-refractivity contribution in [1.29, 1.82) is 0 Å². The van der Waals surface area contributed by atoms with Crippen LogP contribution in [0.5, 0.6) is 0 Å². The van der Waals surface area contributed by atoms with Crippen LogP contribution in [0.4, 0.5) is 5.95 Å². The molecule has 0 unspecified atom stereocenters. The molecular weight excluding hydrogens is 380 g/mol. The fourth-order valence-corrected chi connectivity index (χ4v) is 3.26. The summed E-state index contributed by atoms with van der Waals surface area (Å²) in [4.78, 5) is 44.9. The van der Waals surface area contributed by atoms with E-state index in [1.54, 1.807) is 19.1 Å². The van der Waals surface area contributed by atoms with E-state index in [4.69, 9.17) is 16.3 Å². The number of thiophene rings is 1. The van der Waals surface area contributed by atoms with Crippen molar-refractivity contribution >= 4 is 46.7 Å². The zero-order valence-corrected chi connectivity index (χ0v) is 15.3. The maximum atomic E-state index is 12.2. The van der Waals surface area contributed by atoms with E-state index in [0.717, 1.165) is 5.01 Å². The molecule has 2 aromatic heterocycles. The van der Waals surface area contributed by atoms with Gasteiger partial charge in [0.25, 0.3) is 11.8 Å². The predicted octanol–water partition coefficient (Wildman–Crippen LogP) is 2.68. The van der Waals surface area contributed by atoms with Gasteiger partial charge in [-0.15, -0.1) is 11.3 Å². The Morgan fingerprint density at radius 3 is 2.73 bits per heavy atom. The molecule has 1 aliphatic rings. The van der Waals surface area contributed by atoms with Gasteiger partial charge in [-0.25, -0.2) is 14.8 Å². The Hall–Kier alpha value is -2.78. The molecule has 0 spiro atoms. The Morgan fingerprint density at radius 2 is 2.15 bits per heavy atom. The van der Waals surface area contributed by atoms with Crippen molar-refractivity contribution in [2.45, 2.75) is 13.8 Å². The molecule has 10 heteroatoms. The molecule has 2 aromatic rings. The number of nitrogens with zero attached hydrogens (tertiary/aromatic N) is 3. The summed E-state index contributed by atoms with van der Waals surface area (Å²) in [6, 6.07) is 3.38. The average molecular weight is 393 g/mol. The van der Waals surface area contributed by atoms with Crippen molar-refractivity contribution in [3.63, 3.8) is 0 Å². The van der Waals surface area contributed by atoms with E-state index in [9.17, 15) is 14.4 Å². The number of aromatic nitrogens is 2. The first-order valence-electron chi connectivity index (χ1n) is 7.54. The number of carbonyl (C=O) groups excluding carboxylic acids is 3. The number of hydrazine groups is 1. The van der Waals surface area contributed by atoms with Crippen LogP contribution in [0.1, 0.15) is 24.2 Å². The van der Waals surface area contributed by atoms with Gasteiger partial charge in [0, 0.05) is 17.8 Å². The molecule has 0 bridgehead atoms. The van der Waals surface area contributed by atoms with Gasteiger partial charge >= 0.3 is 5.97 Å². The van der Waals surface area contributed by atoms with Gasteiger partial charge < -0.3 is 4.74 Å². The molecule has 0 fully saturated rings. The predicted molar refractivity (Wildman–Crippen MR) is 95.5 cm³/mol. The van der Waals surface area contributed by atoms with E-state index in [1.807, 2.05) is 0 Å². The summed E-state index contributed by atoms with van der Waals surface area (Å²) in [5.41, 5.74) is 3.32. The van der Waals surface area contributed by atoms with E-state index in [1.165, 1.54) is 30.5 Å². The molecule has 134 valence electrons. The molecule has 0 saturated carbocycles. The van der Waals surface area contributed by atoms with Crippen LogP contribution in [0.3, 0.4) is 0 Å². The highest BCUT2D eigenvalue weighted by molar-refractivity contribution is 7.19. The lowest BCUT2D eigenvalue weighted by Crippen LogP contribution is -2.37. The SMILES string of the molecule is CCOC(=O)c1cnc(NN2C(=O)C=C(C)C2=O)nc1-c1ccc(Cl)s1. The van der Waals surface area contributed by atoms with Gasteiger partial charge in [-0.05, 0) is 26.0 Å². The molecule has 0 saturated heterocycles. The number of imide groups is 1. The maximum absolute atomic E-state index is 12.2. The lowest BCUT2D eigenvalue weighted by atomic mass is 10.2. The highest BCUT2D eigenvalue weighted by atomic mass is 35.5. The largest absolute Gasteiger partial charge is 0.462 e. The summed E-state index contributed by atoms with van der Waals surface area (Å²) in [6.07, 6.45) is 2.49. The minimum Gasteiger partial charge on any atom is -0.462 e. The fraction of sp³-hybridized carbons (Fsp3) is 0.188. The Morgan fingerprint density at radius 1 is 1.38 bits per heavy atom. The first kappa shape index (κ1) is 18.0. The van der Waals surface area contributed by atoms with Crippen LogP contribution < -0.4 is 5.43 Å². The fourth-order valence-electron chi connectivity index (χ4n) is 2.22. The smallest absolute Gasteiger partial charge is 0.341 e. The van der Waals surface area contributed by atoms with E-state index in [2.05, 4.69) is 15.4 Å². The number of nitrogens with one attached hydrogen (secondary N) is 1. The summed E-state index contributed by atoms with van der Waals surface area (Å²) in [5.74, 6) is -1.60. The minimum atomic E-state index is -0.579. The number of hydrogen-bond donors (Lipinski definition) is 1. The van der Waals surface area contributed by atoms with Gasteiger partial charge in [-0.1, -0.05) is 11.6 Å². The molecule has 0 atom stereocenters. The average Bonchev–Trinajstić information content (AvgIpc) is 3.14. The number of ether oxygens (including phenoxy) is 1. The molecule has 3 rings (SSSR count). The molecule has 8 nitrogen and oxygen atoms in total. The molecular formula is C16H13ClN4O4S. The van der Waals surface area contributed by atoms with Crippen LogP contribution in [0.25, 0.3) is 10.6 Å². The minimum absolute atomic E-state index is 0.0117. The van der Waals surface area contributed by atoms with E-state index in [-0.39, 0.29) is 18.1 Å². The Balaban J connectivity index is 1.97. The maximum Gasteiger partial charge on any atom is 0.341 e. The number of rotatable bonds is 5. The summed E-state index contributed by atoms with van der Waals surface area (Å²) in [6.45, 7) is 3.42. The normalized spacial score (nSPS) is 13.8. The summed E-state index contributed by atoms with van der Waals surface area (Å²) < 4.78 is 5.54. The summed E-state index contributed by atoms with van der Waals surface area (Å²) >= 11 is 7.20. The quantitative estimate of drug-likeness (QED) is 0.616. The van der Waals surface area contributed by atoms with Crippen molar-refractivity contribution < 1.29 is 19.1 Å². The molecule has 3 heterocycles. The van der Waals surface area contributed by atoms with Crippen molar-refractivity contribution in [3.05, 3.63) is 39.9 Å². The van der Waals surface area contributed by atoms with Crippen LogP contribution in [0.15, 0.2) is 30.0 Å². The first-order chi connectivity index (χ1) is 12.4. The molecule has 0 radical (unpaired) electrons. The van der Waals surface area contributed by atoms with Crippen LogP contribution in [0.2, 0.25) is 4.34 Å². The van der Waals surface area contributed by atoms with Gasteiger partial charge in [0.15, 0.2) is 0 Å². The number of hydrogen-bond acceptors (Lipinski definition) is 8. The number of esters is 1. The summed E-state index contributed by atoms with van der Waals surface area (Å²) in [5, 5.41) is 0.805. The number of amides is 2. The molecule has 0 aliphatic carbocycles. The number of anilines is 1. The van der Waals surface area contributed by atoms with Crippen molar-refractivity contribution in [3.8, 4) is 10.6 Å². The molecule has 1 aliphatic heterocycles. The van der Waals surface area contributed by atoms with E-state index in [0.29, 0.717) is 20.5 Å². The second kappa shape index (κ2) is 7.22. The van der Waals surface area contributed by atoms with E-state index >= 15 is 0 Å². The second-order valence-corrected chi connectivity index (χ2v) is 6.91. The first-order valence-corrected chi connectivity index (χ1v) is 8.73. The number of halogens is 1. The van der Waals surface area contributed by atoms with Gasteiger partial charge in [-0.3, -0.25) is 15.0 Å². The zero-order chi connectivity index (χ0) is 18.8. The Bertz CT molecular complexity index is 940. The topological polar surface area (TPSA) is 101 Å². The second-order valence-electron chi connectivity index (χ2n) is 5.20. The lowest BCUT2D eigenvalue weighted by Gasteiger charge is -2.16. The molecule has 2 amide bonds. The van der Waals surface area contributed by atoms with Crippen LogP contribution in [-0.2, 0) is 14.3 Å². The third-order valence-electron chi connectivity index (χ3n) is 3.40. The molecule has 0 aromatic carbocycles. The van der Waals surface area contributed by atoms with Gasteiger partial charge in [0.1, 0.15) is 11.3 Å². The van der Waals surface area contributed by atoms with Gasteiger partial charge in [-0.2, -0.15) is 5.01 Å². The summed E-state index contributed by atoms with van der Waals surface area (Å²) in [7, 11) is 0. The van der Waals surface area contributed by atoms with E-state index < -0.39 is 17.8 Å². The van der Waals surface area contributed by atoms with Crippen LogP contribution >= 0.6 is 22.9 Å². The monoisotopic (exact) mass is 392 g/mol. The van der Waals surface area contributed by atoms with Gasteiger partial charge in [0.05, 0.1) is 15.8 Å². The Kier molecular flexibility index (Phi) is 5.01. The van der Waals surface area contributed by atoms with Gasteiger partial charge in [0.2, 0.25) is 5.95 Å². The van der Waals surface area contributed by atoms with Crippen LogP contribution in [-0.4, -0.2) is 39.4 Å². The van der Waals surface area contributed by atoms with Crippen molar-refractivity contribution in [2.24, 2.45) is 0 Å².